The first-order valence-corrected chi connectivity index (χ1v) is 20.7. The summed E-state index contributed by atoms with van der Waals surface area (Å²) in [7, 11) is 1.87. The Labute approximate surface area is 356 Å². The molecule has 1 aliphatic rings. The molecule has 20 nitrogen and oxygen atoms in total. The van der Waals surface area contributed by atoms with Gasteiger partial charge in [0, 0.05) is 18.5 Å². The number of esters is 1. The fourth-order valence-corrected chi connectivity index (χ4v) is 6.55. The second-order valence-corrected chi connectivity index (χ2v) is 19.1. The summed E-state index contributed by atoms with van der Waals surface area (Å²) in [6, 6.07) is -1.79. The predicted molar refractivity (Wildman–Crippen MR) is 221 cm³/mol. The standard InChI is InChI=1S/C38H54N10O10S2/c1-35(2,3)55-31(52)38(10,11)58-46-26(23-20-59-32(43-23)45-34(54)57-37(7,8)9)29(51)44-25-22(42-28(25)50)16-40-27(49)24-17-41-30(60-24)21-18-47(12)48(19-21)15-13-14-39-33(53)56-36(4,5)6/h17-20,22,25H,13-16H2,1-12H3,(H4-,39,40,42,43,44,45,49,50,51,53,54)/p+1/b46-26-. The van der Waals surface area contributed by atoms with Gasteiger partial charge in [-0.2, -0.15) is 4.68 Å². The van der Waals surface area contributed by atoms with Crippen LogP contribution in [0.1, 0.15) is 97.9 Å². The third kappa shape index (κ3) is 14.0. The number of hydrogen-bond donors (Lipinski definition) is 5. The van der Waals surface area contributed by atoms with E-state index in [1.165, 1.54) is 36.8 Å². The van der Waals surface area contributed by atoms with E-state index in [4.69, 9.17) is 19.0 Å². The third-order valence-electron chi connectivity index (χ3n) is 7.83. The van der Waals surface area contributed by atoms with Crippen LogP contribution in [0.25, 0.3) is 10.6 Å². The molecule has 1 fully saturated rings. The minimum Gasteiger partial charge on any atom is -0.457 e. The first-order chi connectivity index (χ1) is 27.7. The van der Waals surface area contributed by atoms with Gasteiger partial charge in [0.25, 0.3) is 11.8 Å². The highest BCUT2D eigenvalue weighted by atomic mass is 32.1. The van der Waals surface area contributed by atoms with Crippen molar-refractivity contribution in [2.75, 3.05) is 18.4 Å². The number of thiazole rings is 2. The van der Waals surface area contributed by atoms with Gasteiger partial charge in [-0.15, -0.1) is 27.4 Å². The van der Waals surface area contributed by atoms with Gasteiger partial charge in [0.2, 0.25) is 17.7 Å². The number of oxime groups is 1. The Morgan fingerprint density at radius 2 is 1.58 bits per heavy atom. The van der Waals surface area contributed by atoms with E-state index < -0.39 is 76.1 Å². The van der Waals surface area contributed by atoms with Gasteiger partial charge >= 0.3 is 18.2 Å². The molecule has 0 saturated carbocycles. The van der Waals surface area contributed by atoms with Crippen LogP contribution >= 0.6 is 22.7 Å². The van der Waals surface area contributed by atoms with Gasteiger partial charge in [0.1, 0.15) is 38.4 Å². The number of ether oxygens (including phenoxy) is 3. The minimum atomic E-state index is -1.65. The van der Waals surface area contributed by atoms with Crippen molar-refractivity contribution in [3.8, 4) is 10.6 Å². The Morgan fingerprint density at radius 1 is 0.933 bits per heavy atom. The van der Waals surface area contributed by atoms with E-state index in [1.54, 1.807) is 62.3 Å². The van der Waals surface area contributed by atoms with Crippen LogP contribution in [0.3, 0.4) is 0 Å². The molecule has 0 spiro atoms. The van der Waals surface area contributed by atoms with Crippen LogP contribution in [0.2, 0.25) is 0 Å². The number of β-lactam (4-membered cyclic amide) rings is 1. The summed E-state index contributed by atoms with van der Waals surface area (Å²) in [5, 5.41) is 19.4. The molecule has 2 atom stereocenters. The Bertz CT molecular complexity index is 2100. The van der Waals surface area contributed by atoms with Gasteiger partial charge in [-0.25, -0.2) is 24.4 Å². The lowest BCUT2D eigenvalue weighted by Gasteiger charge is -2.37. The zero-order valence-electron chi connectivity index (χ0n) is 35.9. The van der Waals surface area contributed by atoms with Crippen molar-refractivity contribution in [3.05, 3.63) is 34.5 Å². The summed E-state index contributed by atoms with van der Waals surface area (Å²) >= 11 is 2.15. The van der Waals surface area contributed by atoms with Crippen LogP contribution in [0.4, 0.5) is 14.7 Å². The predicted octanol–water partition coefficient (Wildman–Crippen LogP) is 3.41. The lowest BCUT2D eigenvalue weighted by molar-refractivity contribution is -0.753. The van der Waals surface area contributed by atoms with Crippen LogP contribution in [0.15, 0.2) is 29.1 Å². The molecule has 5 N–H and O–H groups in total. The molecule has 60 heavy (non-hydrogen) atoms. The van der Waals surface area contributed by atoms with Crippen LogP contribution in [-0.4, -0.2) is 104 Å². The molecular weight excluding hydrogens is 821 g/mol. The molecule has 328 valence electrons. The number of carbonyl (C=O) groups excluding carboxylic acids is 6. The van der Waals surface area contributed by atoms with Gasteiger partial charge in [-0.1, -0.05) is 5.16 Å². The average Bonchev–Trinajstić information content (AvgIpc) is 3.85. The van der Waals surface area contributed by atoms with Crippen LogP contribution in [0.5, 0.6) is 0 Å². The van der Waals surface area contributed by atoms with Crippen molar-refractivity contribution >= 4 is 69.4 Å². The molecule has 1 saturated heterocycles. The largest absolute Gasteiger partial charge is 0.457 e. The highest BCUT2D eigenvalue weighted by molar-refractivity contribution is 7.16. The lowest BCUT2D eigenvalue weighted by atomic mass is 9.98. The van der Waals surface area contributed by atoms with E-state index in [2.05, 4.69) is 41.7 Å². The van der Waals surface area contributed by atoms with Gasteiger partial charge in [-0.3, -0.25) is 19.7 Å². The Balaban J connectivity index is 1.39. The van der Waals surface area contributed by atoms with Gasteiger partial charge < -0.3 is 40.3 Å². The average molecular weight is 876 g/mol. The Hall–Kier alpha value is -5.64. The van der Waals surface area contributed by atoms with Crippen molar-refractivity contribution in [1.29, 1.82) is 0 Å². The van der Waals surface area contributed by atoms with E-state index in [9.17, 15) is 28.8 Å². The van der Waals surface area contributed by atoms with Crippen molar-refractivity contribution < 1.29 is 52.5 Å². The monoisotopic (exact) mass is 875 g/mol. The highest BCUT2D eigenvalue weighted by Gasteiger charge is 2.42. The number of aryl methyl sites for hydroxylation is 2. The first kappa shape index (κ1) is 47.0. The maximum atomic E-state index is 13.8. The molecule has 2 unspecified atom stereocenters. The number of rotatable bonds is 15. The molecule has 0 radical (unpaired) electrons. The normalized spacial score (nSPS) is 15.9. The van der Waals surface area contributed by atoms with Crippen molar-refractivity contribution in [2.45, 2.75) is 124 Å². The second kappa shape index (κ2) is 18.7. The van der Waals surface area contributed by atoms with E-state index in [0.29, 0.717) is 29.4 Å². The Morgan fingerprint density at radius 3 is 2.22 bits per heavy atom. The number of carbonyl (C=O) groups is 6. The molecule has 22 heteroatoms. The molecule has 0 aliphatic carbocycles. The number of anilines is 1. The SMILES string of the molecule is C[n+]1cc(-c2ncc(C(=O)NCC3NC(=O)C3NC(=O)/C(=N\OC(C)(C)C(=O)OC(C)(C)C)c3csc(NC(=O)OC(C)(C)C)n3)s2)cn1CCCNC(=O)OC(C)(C)C. The fourth-order valence-electron chi connectivity index (χ4n) is 5.06. The van der Waals surface area contributed by atoms with E-state index in [0.717, 1.165) is 16.9 Å². The summed E-state index contributed by atoms with van der Waals surface area (Å²) in [5.41, 5.74) is -3.48. The van der Waals surface area contributed by atoms with E-state index in [1.807, 2.05) is 28.8 Å². The van der Waals surface area contributed by atoms with E-state index in [-0.39, 0.29) is 17.4 Å². The molecule has 0 aromatic carbocycles. The van der Waals surface area contributed by atoms with Gasteiger partial charge in [0.15, 0.2) is 17.9 Å². The molecule has 0 bridgehead atoms. The maximum absolute atomic E-state index is 13.8. The minimum absolute atomic E-state index is 0.0340. The molecule has 3 aromatic heterocycles. The lowest BCUT2D eigenvalue weighted by Crippen LogP contribution is -2.72. The Kier molecular flexibility index (Phi) is 14.7. The summed E-state index contributed by atoms with van der Waals surface area (Å²) < 4.78 is 19.8. The zero-order valence-corrected chi connectivity index (χ0v) is 37.6. The summed E-state index contributed by atoms with van der Waals surface area (Å²) in [5.74, 6) is -2.58. The number of alkyl carbamates (subject to hydrolysis) is 1. The molecule has 3 aromatic rings. The number of hydrogen-bond acceptors (Lipinski definition) is 15. The zero-order chi connectivity index (χ0) is 44.8. The van der Waals surface area contributed by atoms with Gasteiger partial charge in [0.05, 0.1) is 30.5 Å². The molecule has 4 heterocycles. The first-order valence-electron chi connectivity index (χ1n) is 19.0. The van der Waals surface area contributed by atoms with Crippen LogP contribution < -0.4 is 31.3 Å². The van der Waals surface area contributed by atoms with Crippen molar-refractivity contribution in [3.63, 3.8) is 0 Å². The molecule has 5 amide bonds. The summed E-state index contributed by atoms with van der Waals surface area (Å²) in [4.78, 5) is 91.4. The van der Waals surface area contributed by atoms with Crippen LogP contribution in [0, 0.1) is 0 Å². The third-order valence-corrected chi connectivity index (χ3v) is 9.64. The summed E-state index contributed by atoms with van der Waals surface area (Å²) in [6.45, 7) is 19.4. The molecular formula is C38H55N10O10S2+. The highest BCUT2D eigenvalue weighted by Crippen LogP contribution is 2.25. The smallest absolute Gasteiger partial charge is 0.413 e. The van der Waals surface area contributed by atoms with E-state index >= 15 is 0 Å². The quantitative estimate of drug-likeness (QED) is 0.0281. The van der Waals surface area contributed by atoms with Crippen LogP contribution in [-0.2, 0) is 47.0 Å². The molecule has 1 aliphatic heterocycles. The summed E-state index contributed by atoms with van der Waals surface area (Å²) in [6.07, 6.45) is 4.64. The maximum Gasteiger partial charge on any atom is 0.413 e. The van der Waals surface area contributed by atoms with Crippen molar-refractivity contribution in [1.82, 2.24) is 35.9 Å². The van der Waals surface area contributed by atoms with Gasteiger partial charge in [-0.05, 0) is 82.6 Å². The van der Waals surface area contributed by atoms with Crippen molar-refractivity contribution in [2.24, 2.45) is 12.2 Å². The fraction of sp³-hybridized carbons (Fsp3) is 0.579. The molecule has 4 rings (SSSR count). The topological polar surface area (TPSA) is 246 Å². The second-order valence-electron chi connectivity index (χ2n) is 17.2. The number of nitrogens with zero attached hydrogens (tertiary/aromatic N) is 5. The number of aromatic nitrogens is 4. The number of amides is 5. The number of nitrogens with one attached hydrogen (secondary N) is 5.